The summed E-state index contributed by atoms with van der Waals surface area (Å²) in [5.74, 6) is 0.592. The van der Waals surface area contributed by atoms with Crippen molar-refractivity contribution in [3.05, 3.63) is 88.3 Å². The Morgan fingerprint density at radius 3 is 2.69 bits per heavy atom. The molecule has 2 aliphatic rings. The van der Waals surface area contributed by atoms with Gasteiger partial charge in [0.05, 0.1) is 6.67 Å². The molecule has 1 heterocycles. The van der Waals surface area contributed by atoms with Gasteiger partial charge in [0.1, 0.15) is 17.7 Å². The topological polar surface area (TPSA) is 64.5 Å². The molecule has 4 N–H and O–H groups in total. The minimum atomic E-state index is -0.280. The molecule has 1 aliphatic heterocycles. The molecule has 2 aromatic rings. The highest BCUT2D eigenvalue weighted by molar-refractivity contribution is 5.87. The highest BCUT2D eigenvalue weighted by atomic mass is 19.1. The normalized spacial score (nSPS) is 19.4. The second-order valence-electron chi connectivity index (χ2n) is 9.60. The molecular formula is C30H37F2N3O. The van der Waals surface area contributed by atoms with Crippen LogP contribution in [0.5, 0.6) is 5.75 Å². The lowest BCUT2D eigenvalue weighted by molar-refractivity contribution is 0.198. The number of nitrogen functional groups attached to an aromatic ring is 1. The second kappa shape index (κ2) is 12.3. The molecule has 2 aromatic carbocycles. The van der Waals surface area contributed by atoms with Gasteiger partial charge in [0, 0.05) is 37.4 Å². The van der Waals surface area contributed by atoms with Gasteiger partial charge in [-0.3, -0.25) is 9.29 Å². The van der Waals surface area contributed by atoms with Gasteiger partial charge in [-0.05, 0) is 91.1 Å². The summed E-state index contributed by atoms with van der Waals surface area (Å²) in [7, 11) is 0. The maximum atomic E-state index is 14.8. The average Bonchev–Trinajstić information content (AvgIpc) is 3.23. The minimum Gasteiger partial charge on any atom is -0.489 e. The lowest BCUT2D eigenvalue weighted by Crippen LogP contribution is -2.26. The van der Waals surface area contributed by atoms with Crippen LogP contribution in [0.1, 0.15) is 49.3 Å². The number of aryl methyl sites for hydroxylation is 1. The molecule has 0 aromatic heterocycles. The fourth-order valence-electron chi connectivity index (χ4n) is 5.29. The van der Waals surface area contributed by atoms with Gasteiger partial charge in [0.25, 0.3) is 0 Å². The van der Waals surface area contributed by atoms with Crippen LogP contribution in [0.3, 0.4) is 0 Å². The van der Waals surface area contributed by atoms with Crippen molar-refractivity contribution in [2.45, 2.75) is 45.1 Å². The Bertz CT molecular complexity index is 1130. The summed E-state index contributed by atoms with van der Waals surface area (Å²) in [5.41, 5.74) is 18.4. The Kier molecular flexibility index (Phi) is 8.94. The molecule has 192 valence electrons. The van der Waals surface area contributed by atoms with E-state index < -0.39 is 0 Å². The fraction of sp³-hybridized carbons (Fsp3) is 0.400. The number of benzene rings is 2. The molecule has 0 unspecified atom stereocenters. The zero-order valence-corrected chi connectivity index (χ0v) is 21.1. The van der Waals surface area contributed by atoms with Gasteiger partial charge in [-0.25, -0.2) is 4.39 Å². The lowest BCUT2D eigenvalue weighted by atomic mass is 9.87. The van der Waals surface area contributed by atoms with Crippen molar-refractivity contribution in [2.24, 2.45) is 5.73 Å². The summed E-state index contributed by atoms with van der Waals surface area (Å²) >= 11 is 0. The zero-order valence-electron chi connectivity index (χ0n) is 21.1. The summed E-state index contributed by atoms with van der Waals surface area (Å²) in [5, 5.41) is 0. The number of ether oxygens (including phenoxy) is 1. The molecule has 1 aliphatic carbocycles. The van der Waals surface area contributed by atoms with E-state index in [2.05, 4.69) is 23.1 Å². The summed E-state index contributed by atoms with van der Waals surface area (Å²) in [6.07, 6.45) is 7.77. The van der Waals surface area contributed by atoms with Crippen molar-refractivity contribution >= 4 is 11.3 Å². The quantitative estimate of drug-likeness (QED) is 0.333. The first kappa shape index (κ1) is 26.1. The van der Waals surface area contributed by atoms with Crippen molar-refractivity contribution in [2.75, 3.05) is 38.6 Å². The van der Waals surface area contributed by atoms with Gasteiger partial charge in [0.2, 0.25) is 0 Å². The molecule has 4 rings (SSSR count). The Labute approximate surface area is 213 Å². The third-order valence-electron chi connectivity index (χ3n) is 6.97. The van der Waals surface area contributed by atoms with Crippen LogP contribution in [-0.4, -0.2) is 43.9 Å². The van der Waals surface area contributed by atoms with E-state index in [1.807, 2.05) is 24.3 Å². The van der Waals surface area contributed by atoms with Crippen LogP contribution in [-0.2, 0) is 6.42 Å². The van der Waals surface area contributed by atoms with Crippen LogP contribution in [0, 0.1) is 0 Å². The Morgan fingerprint density at radius 2 is 1.97 bits per heavy atom. The number of halogens is 2. The summed E-state index contributed by atoms with van der Waals surface area (Å²) in [4.78, 5) is 2.26. The van der Waals surface area contributed by atoms with Crippen molar-refractivity contribution in [1.82, 2.24) is 4.90 Å². The van der Waals surface area contributed by atoms with E-state index in [-0.39, 0.29) is 18.6 Å². The van der Waals surface area contributed by atoms with Crippen LogP contribution in [0.2, 0.25) is 0 Å². The first-order valence-electron chi connectivity index (χ1n) is 12.9. The largest absolute Gasteiger partial charge is 0.489 e. The van der Waals surface area contributed by atoms with E-state index in [1.54, 1.807) is 12.2 Å². The number of hydrogen-bond acceptors (Lipinski definition) is 4. The molecule has 1 fully saturated rings. The lowest BCUT2D eigenvalue weighted by Gasteiger charge is -2.19. The standard InChI is InChI=1S/C30H37F2N3O/c1-21(32)27(7-3-16-33)29-6-2-5-23-19-24(34)10-13-28(23)30(29)22-8-11-25(12-9-22)36-26-14-18-35(20-26)17-4-15-31/h3,7-13,19,26H,2,4-6,14-18,20,33-34H2,1H3/b7-3-,27-21-/t26-/m0/s1. The molecule has 0 saturated carbocycles. The van der Waals surface area contributed by atoms with Crippen LogP contribution in [0.15, 0.2) is 71.6 Å². The van der Waals surface area contributed by atoms with Gasteiger partial charge in [-0.15, -0.1) is 0 Å². The van der Waals surface area contributed by atoms with Crippen molar-refractivity contribution in [1.29, 1.82) is 0 Å². The first-order valence-corrected chi connectivity index (χ1v) is 12.9. The Hall–Kier alpha value is -2.96. The van der Waals surface area contributed by atoms with Crippen molar-refractivity contribution in [3.8, 4) is 5.75 Å². The van der Waals surface area contributed by atoms with E-state index in [0.29, 0.717) is 18.5 Å². The molecule has 1 atom stereocenters. The predicted molar refractivity (Wildman–Crippen MR) is 144 cm³/mol. The van der Waals surface area contributed by atoms with E-state index in [9.17, 15) is 8.78 Å². The number of fused-ring (bicyclic) bond motifs is 1. The average molecular weight is 494 g/mol. The van der Waals surface area contributed by atoms with Gasteiger partial charge >= 0.3 is 0 Å². The third-order valence-corrected chi connectivity index (χ3v) is 6.97. The van der Waals surface area contributed by atoms with Crippen LogP contribution < -0.4 is 16.2 Å². The number of hydrogen-bond donors (Lipinski definition) is 2. The zero-order chi connectivity index (χ0) is 25.5. The monoisotopic (exact) mass is 493 g/mol. The van der Waals surface area contributed by atoms with E-state index in [4.69, 9.17) is 16.2 Å². The number of anilines is 1. The van der Waals surface area contributed by atoms with Crippen molar-refractivity contribution in [3.63, 3.8) is 0 Å². The fourth-order valence-corrected chi connectivity index (χ4v) is 5.29. The number of likely N-dealkylation sites (tertiary alicyclic amines) is 1. The Balaban J connectivity index is 1.68. The maximum Gasteiger partial charge on any atom is 0.119 e. The smallest absolute Gasteiger partial charge is 0.119 e. The molecule has 0 amide bonds. The van der Waals surface area contributed by atoms with E-state index >= 15 is 0 Å². The van der Waals surface area contributed by atoms with E-state index in [1.165, 1.54) is 12.5 Å². The number of nitrogens with two attached hydrogens (primary N) is 2. The first-order chi connectivity index (χ1) is 17.5. The van der Waals surface area contributed by atoms with Crippen LogP contribution in [0.25, 0.3) is 5.57 Å². The van der Waals surface area contributed by atoms with Crippen molar-refractivity contribution < 1.29 is 13.5 Å². The van der Waals surface area contributed by atoms with Gasteiger partial charge < -0.3 is 16.2 Å². The molecule has 0 spiro atoms. The highest BCUT2D eigenvalue weighted by Gasteiger charge is 2.25. The molecule has 0 bridgehead atoms. The van der Waals surface area contributed by atoms with Gasteiger partial charge in [-0.2, -0.15) is 0 Å². The summed E-state index contributed by atoms with van der Waals surface area (Å²) in [6.45, 7) is 4.11. The third kappa shape index (κ3) is 6.23. The van der Waals surface area contributed by atoms with Crippen LogP contribution in [0.4, 0.5) is 14.5 Å². The van der Waals surface area contributed by atoms with Gasteiger partial charge in [0.15, 0.2) is 0 Å². The number of nitrogens with zero attached hydrogens (tertiary/aromatic N) is 1. The molecule has 36 heavy (non-hydrogen) atoms. The maximum absolute atomic E-state index is 14.8. The second-order valence-corrected chi connectivity index (χ2v) is 9.60. The molecule has 4 nitrogen and oxygen atoms in total. The number of allylic oxidation sites excluding steroid dienone is 4. The Morgan fingerprint density at radius 1 is 1.17 bits per heavy atom. The van der Waals surface area contributed by atoms with Gasteiger partial charge in [-0.1, -0.05) is 30.4 Å². The SMILES string of the molecule is C/C(F)=C(\C=C/CN)C1=C(c2ccc(O[C@H]3CCN(CCCF)C3)cc2)c2ccc(N)cc2CCC1. The summed E-state index contributed by atoms with van der Waals surface area (Å²) in [6, 6.07) is 14.1. The van der Waals surface area contributed by atoms with E-state index in [0.717, 1.165) is 79.0 Å². The molecule has 1 saturated heterocycles. The highest BCUT2D eigenvalue weighted by Crippen LogP contribution is 2.40. The molecule has 6 heteroatoms. The summed E-state index contributed by atoms with van der Waals surface area (Å²) < 4.78 is 33.6. The predicted octanol–water partition coefficient (Wildman–Crippen LogP) is 5.98. The molecule has 0 radical (unpaired) electrons. The van der Waals surface area contributed by atoms with Crippen LogP contribution >= 0.6 is 0 Å². The molecular weight excluding hydrogens is 456 g/mol. The number of alkyl halides is 1. The minimum absolute atomic E-state index is 0.108. The number of rotatable bonds is 9.